The van der Waals surface area contributed by atoms with Crippen LogP contribution >= 0.6 is 0 Å². The second-order valence-electron chi connectivity index (χ2n) is 6.45. The van der Waals surface area contributed by atoms with Gasteiger partial charge in [0, 0.05) is 26.1 Å². The van der Waals surface area contributed by atoms with Crippen LogP contribution in [-0.4, -0.2) is 60.0 Å². The average molecular weight is 294 g/mol. The zero-order chi connectivity index (χ0) is 14.7. The Morgan fingerprint density at radius 3 is 2.57 bits per heavy atom. The number of piperidine rings is 1. The lowest BCUT2D eigenvalue weighted by Crippen LogP contribution is -2.50. The van der Waals surface area contributed by atoms with E-state index >= 15 is 0 Å². The van der Waals surface area contributed by atoms with Crippen molar-refractivity contribution in [1.29, 1.82) is 0 Å². The number of ether oxygens (including phenoxy) is 1. The highest BCUT2D eigenvalue weighted by atomic mass is 16.5. The van der Waals surface area contributed by atoms with Crippen molar-refractivity contribution in [1.82, 2.24) is 9.80 Å². The first-order valence-electron chi connectivity index (χ1n) is 8.45. The van der Waals surface area contributed by atoms with Gasteiger partial charge in [0.05, 0.1) is 12.7 Å². The second-order valence-corrected chi connectivity index (χ2v) is 6.45. The molecule has 3 rings (SSSR count). The molecule has 2 saturated heterocycles. The zero-order valence-electron chi connectivity index (χ0n) is 12.8. The molecule has 0 radical (unpaired) electrons. The van der Waals surface area contributed by atoms with Gasteiger partial charge in [0.25, 0.3) is 0 Å². The second kappa shape index (κ2) is 6.77. The molecule has 0 aromatic rings. The first-order chi connectivity index (χ1) is 10.3. The molecular weight excluding hydrogens is 268 g/mol. The maximum absolute atomic E-state index is 12.6. The molecule has 0 aromatic carbocycles. The normalized spacial score (nSPS) is 27.9. The molecule has 0 aromatic heterocycles. The smallest absolute Gasteiger partial charge is 0.245 e. The van der Waals surface area contributed by atoms with Gasteiger partial charge < -0.3 is 14.5 Å². The van der Waals surface area contributed by atoms with Gasteiger partial charge in [-0.15, -0.1) is 0 Å². The molecule has 1 unspecified atom stereocenters. The summed E-state index contributed by atoms with van der Waals surface area (Å²) in [6, 6.07) is -0.208. The Labute approximate surface area is 126 Å². The predicted molar refractivity (Wildman–Crippen MR) is 78.8 cm³/mol. The van der Waals surface area contributed by atoms with E-state index in [0.29, 0.717) is 32.2 Å². The van der Waals surface area contributed by atoms with E-state index in [9.17, 15) is 9.59 Å². The van der Waals surface area contributed by atoms with Crippen LogP contribution in [0.4, 0.5) is 0 Å². The molecule has 21 heavy (non-hydrogen) atoms. The monoisotopic (exact) mass is 294 g/mol. The Bertz CT molecular complexity index is 393. The molecule has 0 spiro atoms. The van der Waals surface area contributed by atoms with Gasteiger partial charge in [0.1, 0.15) is 6.04 Å². The molecule has 5 nitrogen and oxygen atoms in total. The lowest BCUT2D eigenvalue weighted by atomic mass is 10.0. The van der Waals surface area contributed by atoms with Crippen LogP contribution < -0.4 is 0 Å². The van der Waals surface area contributed by atoms with E-state index in [0.717, 1.165) is 38.6 Å². The van der Waals surface area contributed by atoms with Crippen LogP contribution in [0, 0.1) is 0 Å². The molecule has 3 fully saturated rings. The summed E-state index contributed by atoms with van der Waals surface area (Å²) in [5.41, 5.74) is 0. The van der Waals surface area contributed by atoms with Crippen molar-refractivity contribution >= 4 is 11.8 Å². The summed E-state index contributed by atoms with van der Waals surface area (Å²) in [7, 11) is 0. The molecule has 2 heterocycles. The third-order valence-electron chi connectivity index (χ3n) is 5.03. The Morgan fingerprint density at radius 1 is 1.00 bits per heavy atom. The average Bonchev–Trinajstić information content (AvgIpc) is 2.99. The van der Waals surface area contributed by atoms with Gasteiger partial charge in [-0.2, -0.15) is 0 Å². The van der Waals surface area contributed by atoms with Crippen LogP contribution in [-0.2, 0) is 14.3 Å². The summed E-state index contributed by atoms with van der Waals surface area (Å²) in [5.74, 6) is 0.280. The minimum Gasteiger partial charge on any atom is -0.376 e. The highest BCUT2D eigenvalue weighted by Gasteiger charge is 2.37. The summed E-state index contributed by atoms with van der Waals surface area (Å²) < 4.78 is 5.87. The van der Waals surface area contributed by atoms with Crippen molar-refractivity contribution in [2.45, 2.75) is 63.5 Å². The standard InChI is InChI=1S/C16H26N2O3/c19-15-8-10-17(11-12-21-13-5-1-2-6-13)16(20)14-7-3-4-9-18(14)15/h13-14H,1-12H2. The van der Waals surface area contributed by atoms with Gasteiger partial charge in [-0.3, -0.25) is 9.59 Å². The van der Waals surface area contributed by atoms with E-state index in [2.05, 4.69) is 0 Å². The number of amides is 2. The molecule has 1 atom stereocenters. The third kappa shape index (κ3) is 3.39. The van der Waals surface area contributed by atoms with Gasteiger partial charge in [0.15, 0.2) is 0 Å². The largest absolute Gasteiger partial charge is 0.376 e. The first-order valence-corrected chi connectivity index (χ1v) is 8.45. The van der Waals surface area contributed by atoms with Crippen molar-refractivity contribution in [3.05, 3.63) is 0 Å². The highest BCUT2D eigenvalue weighted by Crippen LogP contribution is 2.23. The van der Waals surface area contributed by atoms with Crippen LogP contribution in [0.15, 0.2) is 0 Å². The summed E-state index contributed by atoms with van der Waals surface area (Å²) in [5, 5.41) is 0. The highest BCUT2D eigenvalue weighted by molar-refractivity contribution is 5.90. The Balaban J connectivity index is 1.54. The quantitative estimate of drug-likeness (QED) is 0.790. The summed E-state index contributed by atoms with van der Waals surface area (Å²) in [6.07, 6.45) is 8.59. The van der Waals surface area contributed by atoms with Crippen molar-refractivity contribution < 1.29 is 14.3 Å². The maximum atomic E-state index is 12.6. The lowest BCUT2D eigenvalue weighted by Gasteiger charge is -2.34. The molecule has 118 valence electrons. The Kier molecular flexibility index (Phi) is 4.78. The van der Waals surface area contributed by atoms with Gasteiger partial charge in [-0.05, 0) is 32.1 Å². The number of carbonyl (C=O) groups excluding carboxylic acids is 2. The topological polar surface area (TPSA) is 49.9 Å². The number of fused-ring (bicyclic) bond motifs is 1. The molecule has 0 N–H and O–H groups in total. The number of rotatable bonds is 4. The van der Waals surface area contributed by atoms with Gasteiger partial charge in [-0.1, -0.05) is 12.8 Å². The molecule has 2 aliphatic heterocycles. The number of hydrogen-bond donors (Lipinski definition) is 0. The first kappa shape index (κ1) is 14.8. The van der Waals surface area contributed by atoms with Crippen LogP contribution in [0.5, 0.6) is 0 Å². The Hall–Kier alpha value is -1.10. The van der Waals surface area contributed by atoms with E-state index in [1.165, 1.54) is 12.8 Å². The van der Waals surface area contributed by atoms with E-state index in [1.807, 2.05) is 9.80 Å². The van der Waals surface area contributed by atoms with Crippen molar-refractivity contribution in [2.24, 2.45) is 0 Å². The fourth-order valence-electron chi connectivity index (χ4n) is 3.79. The van der Waals surface area contributed by atoms with Crippen LogP contribution in [0.25, 0.3) is 0 Å². The van der Waals surface area contributed by atoms with Crippen LogP contribution in [0.1, 0.15) is 51.4 Å². The summed E-state index contributed by atoms with van der Waals surface area (Å²) in [6.45, 7) is 2.55. The van der Waals surface area contributed by atoms with Gasteiger partial charge >= 0.3 is 0 Å². The molecule has 0 bridgehead atoms. The molecular formula is C16H26N2O3. The fourth-order valence-corrected chi connectivity index (χ4v) is 3.79. The van der Waals surface area contributed by atoms with Gasteiger partial charge in [0.2, 0.25) is 11.8 Å². The summed E-state index contributed by atoms with van der Waals surface area (Å²) in [4.78, 5) is 28.4. The van der Waals surface area contributed by atoms with E-state index in [1.54, 1.807) is 0 Å². The zero-order valence-corrected chi connectivity index (χ0v) is 12.8. The fraction of sp³-hybridized carbons (Fsp3) is 0.875. The van der Waals surface area contributed by atoms with Crippen molar-refractivity contribution in [2.75, 3.05) is 26.2 Å². The van der Waals surface area contributed by atoms with E-state index in [4.69, 9.17) is 4.74 Å². The SMILES string of the molecule is O=C1C2CCCCN2C(=O)CCN1CCOC1CCCC1. The minimum atomic E-state index is -0.208. The molecule has 5 heteroatoms. The number of hydrogen-bond acceptors (Lipinski definition) is 3. The maximum Gasteiger partial charge on any atom is 0.245 e. The number of carbonyl (C=O) groups is 2. The van der Waals surface area contributed by atoms with E-state index < -0.39 is 0 Å². The molecule has 2 amide bonds. The van der Waals surface area contributed by atoms with Crippen LogP contribution in [0.2, 0.25) is 0 Å². The molecule has 1 saturated carbocycles. The van der Waals surface area contributed by atoms with Crippen molar-refractivity contribution in [3.63, 3.8) is 0 Å². The predicted octanol–water partition coefficient (Wildman–Crippen LogP) is 1.56. The third-order valence-corrected chi connectivity index (χ3v) is 5.03. The lowest BCUT2D eigenvalue weighted by molar-refractivity contribution is -0.143. The van der Waals surface area contributed by atoms with Gasteiger partial charge in [-0.25, -0.2) is 0 Å². The van der Waals surface area contributed by atoms with E-state index in [-0.39, 0.29) is 17.9 Å². The Morgan fingerprint density at radius 2 is 1.76 bits per heavy atom. The van der Waals surface area contributed by atoms with Crippen molar-refractivity contribution in [3.8, 4) is 0 Å². The summed E-state index contributed by atoms with van der Waals surface area (Å²) >= 11 is 0. The number of nitrogens with zero attached hydrogens (tertiary/aromatic N) is 2. The molecule has 3 aliphatic rings. The molecule has 1 aliphatic carbocycles. The van der Waals surface area contributed by atoms with Crippen LogP contribution in [0.3, 0.4) is 0 Å². The minimum absolute atomic E-state index is 0.135.